The Balaban J connectivity index is 1.66. The van der Waals surface area contributed by atoms with Crippen molar-refractivity contribution in [3.63, 3.8) is 0 Å². The number of fused-ring (bicyclic) bond motifs is 1. The number of nitrogens with zero attached hydrogens (tertiary/aromatic N) is 4. The highest BCUT2D eigenvalue weighted by molar-refractivity contribution is 5.98. The minimum atomic E-state index is -0.373. The topological polar surface area (TPSA) is 78.8 Å². The first-order valence-corrected chi connectivity index (χ1v) is 11.8. The number of aromatic nitrogens is 2. The van der Waals surface area contributed by atoms with Gasteiger partial charge in [0.15, 0.2) is 0 Å². The number of carbonyl (C=O) groups is 1. The van der Waals surface area contributed by atoms with Gasteiger partial charge in [0.05, 0.1) is 12.6 Å². The predicted molar refractivity (Wildman–Crippen MR) is 131 cm³/mol. The first-order chi connectivity index (χ1) is 16.9. The molecule has 0 spiro atoms. The number of hydrogen-bond donors (Lipinski definition) is 1. The SMILES string of the molecule is C[C@H]1CN([C@@H](C)CO)C(=O)c2cc(-c3cccc(F)c3)cnc2O[C@@H]1CN(C)Cc1cccnc1. The molecule has 0 saturated carbocycles. The predicted octanol–water partition coefficient (Wildman–Crippen LogP) is 3.63. The van der Waals surface area contributed by atoms with E-state index in [1.807, 2.05) is 39.2 Å². The van der Waals surface area contributed by atoms with Crippen molar-refractivity contribution in [3.8, 4) is 17.0 Å². The quantitative estimate of drug-likeness (QED) is 0.559. The van der Waals surface area contributed by atoms with Gasteiger partial charge < -0.3 is 14.7 Å². The summed E-state index contributed by atoms with van der Waals surface area (Å²) < 4.78 is 20.2. The van der Waals surface area contributed by atoms with E-state index in [4.69, 9.17) is 4.74 Å². The second-order valence-electron chi connectivity index (χ2n) is 9.27. The van der Waals surface area contributed by atoms with Crippen LogP contribution in [-0.4, -0.2) is 69.7 Å². The number of rotatable bonds is 7. The molecule has 0 fully saturated rings. The number of hydrogen-bond acceptors (Lipinski definition) is 6. The van der Waals surface area contributed by atoms with E-state index in [2.05, 4.69) is 14.9 Å². The molecule has 0 radical (unpaired) electrons. The second-order valence-corrected chi connectivity index (χ2v) is 9.27. The van der Waals surface area contributed by atoms with E-state index < -0.39 is 0 Å². The van der Waals surface area contributed by atoms with Gasteiger partial charge in [0.25, 0.3) is 5.91 Å². The van der Waals surface area contributed by atoms with Crippen LogP contribution in [-0.2, 0) is 6.54 Å². The molecular weight excluding hydrogens is 447 g/mol. The molecule has 0 bridgehead atoms. The lowest BCUT2D eigenvalue weighted by Crippen LogP contribution is -2.49. The Morgan fingerprint density at radius 1 is 1.23 bits per heavy atom. The number of amides is 1. The summed E-state index contributed by atoms with van der Waals surface area (Å²) in [6.45, 7) is 5.44. The van der Waals surface area contributed by atoms with Crippen molar-refractivity contribution in [3.05, 3.63) is 78.0 Å². The van der Waals surface area contributed by atoms with Gasteiger partial charge >= 0.3 is 0 Å². The highest BCUT2D eigenvalue weighted by atomic mass is 19.1. The smallest absolute Gasteiger partial charge is 0.259 e. The average molecular weight is 479 g/mol. The third-order valence-electron chi connectivity index (χ3n) is 6.35. The average Bonchev–Trinajstić information content (AvgIpc) is 2.86. The summed E-state index contributed by atoms with van der Waals surface area (Å²) >= 11 is 0. The normalized spacial score (nSPS) is 19.0. The summed E-state index contributed by atoms with van der Waals surface area (Å²) in [5.74, 6) is -0.391. The minimum absolute atomic E-state index is 0.0119. The number of benzene rings is 1. The van der Waals surface area contributed by atoms with Gasteiger partial charge in [-0.3, -0.25) is 14.7 Å². The number of pyridine rings is 2. The lowest BCUT2D eigenvalue weighted by Gasteiger charge is -2.37. The number of aliphatic hydroxyl groups excluding tert-OH is 1. The van der Waals surface area contributed by atoms with Crippen LogP contribution in [0.4, 0.5) is 4.39 Å². The maximum Gasteiger partial charge on any atom is 0.259 e. The molecule has 0 aliphatic carbocycles. The highest BCUT2D eigenvalue weighted by Crippen LogP contribution is 2.30. The van der Waals surface area contributed by atoms with Crippen molar-refractivity contribution >= 4 is 5.91 Å². The molecular formula is C27H31FN4O3. The van der Waals surface area contributed by atoms with Crippen molar-refractivity contribution in [1.29, 1.82) is 0 Å². The standard InChI is InChI=1S/C27H31FN4O3/c1-18-14-32(19(2)17-33)27(34)24-11-22(21-7-4-8-23(28)10-21)13-30-26(24)35-25(18)16-31(3)15-20-6-5-9-29-12-20/h4-13,18-19,25,33H,14-17H2,1-3H3/t18-,19-,25+/m0/s1. The zero-order chi connectivity index (χ0) is 24.9. The van der Waals surface area contributed by atoms with Crippen LogP contribution in [0.2, 0.25) is 0 Å². The van der Waals surface area contributed by atoms with Gasteiger partial charge in [-0.1, -0.05) is 25.1 Å². The molecule has 1 aromatic carbocycles. The van der Waals surface area contributed by atoms with E-state index in [0.29, 0.717) is 36.3 Å². The second kappa shape index (κ2) is 10.9. The van der Waals surface area contributed by atoms with E-state index in [1.54, 1.807) is 35.5 Å². The molecule has 184 valence electrons. The molecule has 3 aromatic rings. The summed E-state index contributed by atoms with van der Waals surface area (Å²) in [4.78, 5) is 26.1. The van der Waals surface area contributed by atoms with E-state index in [1.165, 1.54) is 12.1 Å². The van der Waals surface area contributed by atoms with Gasteiger partial charge in [0.1, 0.15) is 17.5 Å². The monoisotopic (exact) mass is 478 g/mol. The van der Waals surface area contributed by atoms with Crippen LogP contribution in [0.1, 0.15) is 29.8 Å². The van der Waals surface area contributed by atoms with E-state index >= 15 is 0 Å². The lowest BCUT2D eigenvalue weighted by molar-refractivity contribution is 0.0325. The van der Waals surface area contributed by atoms with Crippen molar-refractivity contribution in [2.75, 3.05) is 26.7 Å². The summed E-state index contributed by atoms with van der Waals surface area (Å²) in [5.41, 5.74) is 2.64. The summed E-state index contributed by atoms with van der Waals surface area (Å²) in [6, 6.07) is 11.4. The van der Waals surface area contributed by atoms with Gasteiger partial charge in [-0.05, 0) is 49.4 Å². The highest BCUT2D eigenvalue weighted by Gasteiger charge is 2.34. The first kappa shape index (κ1) is 24.8. The largest absolute Gasteiger partial charge is 0.472 e. The fraction of sp³-hybridized carbons (Fsp3) is 0.370. The summed E-state index contributed by atoms with van der Waals surface area (Å²) in [6.07, 6.45) is 4.94. The Labute approximate surface area is 205 Å². The molecule has 35 heavy (non-hydrogen) atoms. The van der Waals surface area contributed by atoms with Gasteiger partial charge in [-0.2, -0.15) is 0 Å². The Morgan fingerprint density at radius 2 is 2.06 bits per heavy atom. The number of ether oxygens (including phenoxy) is 1. The molecule has 1 aliphatic rings. The van der Waals surface area contributed by atoms with Crippen molar-refractivity contribution in [2.45, 2.75) is 32.5 Å². The molecule has 7 nitrogen and oxygen atoms in total. The fourth-order valence-corrected chi connectivity index (χ4v) is 4.32. The molecule has 1 aliphatic heterocycles. The van der Waals surface area contributed by atoms with Crippen LogP contribution in [0, 0.1) is 11.7 Å². The molecule has 0 unspecified atom stereocenters. The van der Waals surface area contributed by atoms with Gasteiger partial charge in [0.2, 0.25) is 5.88 Å². The number of likely N-dealkylation sites (N-methyl/N-ethyl adjacent to an activating group) is 1. The summed E-state index contributed by atoms with van der Waals surface area (Å²) in [5, 5.41) is 9.84. The molecule has 3 heterocycles. The number of halogens is 1. The number of aliphatic hydroxyl groups is 1. The molecule has 8 heteroatoms. The van der Waals surface area contributed by atoms with Crippen LogP contribution in [0.15, 0.2) is 61.1 Å². The van der Waals surface area contributed by atoms with Gasteiger partial charge in [-0.25, -0.2) is 9.37 Å². The van der Waals surface area contributed by atoms with Crippen LogP contribution < -0.4 is 4.74 Å². The van der Waals surface area contributed by atoms with Crippen LogP contribution in [0.5, 0.6) is 5.88 Å². The van der Waals surface area contributed by atoms with Crippen molar-refractivity contribution in [1.82, 2.24) is 19.8 Å². The van der Waals surface area contributed by atoms with Crippen molar-refractivity contribution in [2.24, 2.45) is 5.92 Å². The van der Waals surface area contributed by atoms with Crippen molar-refractivity contribution < 1.29 is 19.0 Å². The lowest BCUT2D eigenvalue weighted by atomic mass is 9.99. The van der Waals surface area contributed by atoms with Crippen LogP contribution in [0.25, 0.3) is 11.1 Å². The number of carbonyl (C=O) groups excluding carboxylic acids is 1. The third-order valence-corrected chi connectivity index (χ3v) is 6.35. The van der Waals surface area contributed by atoms with Gasteiger partial charge in [0, 0.05) is 49.7 Å². The van der Waals surface area contributed by atoms with Crippen LogP contribution in [0.3, 0.4) is 0 Å². The Bertz CT molecular complexity index is 1160. The van der Waals surface area contributed by atoms with E-state index in [0.717, 1.165) is 5.56 Å². The van der Waals surface area contributed by atoms with Crippen LogP contribution >= 0.6 is 0 Å². The van der Waals surface area contributed by atoms with Gasteiger partial charge in [-0.15, -0.1) is 0 Å². The molecule has 2 aromatic heterocycles. The van der Waals surface area contributed by atoms with E-state index in [-0.39, 0.29) is 42.3 Å². The molecule has 1 N–H and O–H groups in total. The minimum Gasteiger partial charge on any atom is -0.472 e. The molecule has 3 atom stereocenters. The summed E-state index contributed by atoms with van der Waals surface area (Å²) in [7, 11) is 2.02. The fourth-order valence-electron chi connectivity index (χ4n) is 4.32. The maximum absolute atomic E-state index is 13.8. The maximum atomic E-state index is 13.8. The van der Waals surface area contributed by atoms with E-state index in [9.17, 15) is 14.3 Å². The Morgan fingerprint density at radius 3 is 2.77 bits per heavy atom. The zero-order valence-corrected chi connectivity index (χ0v) is 20.3. The zero-order valence-electron chi connectivity index (χ0n) is 20.3. The third kappa shape index (κ3) is 5.83. The molecule has 1 amide bonds. The Hall–Kier alpha value is -3.36. The molecule has 0 saturated heterocycles. The molecule has 4 rings (SSSR count). The Kier molecular flexibility index (Phi) is 7.73. The first-order valence-electron chi connectivity index (χ1n) is 11.8.